The lowest BCUT2D eigenvalue weighted by molar-refractivity contribution is -0.145. The maximum absolute atomic E-state index is 11.7. The number of nitrogens with one attached hydrogen (secondary N) is 1. The zero-order valence-electron chi connectivity index (χ0n) is 9.23. The molecule has 1 heterocycles. The van der Waals surface area contributed by atoms with Crippen LogP contribution in [0.2, 0.25) is 0 Å². The van der Waals surface area contributed by atoms with Crippen LogP contribution in [0.4, 0.5) is 0 Å². The van der Waals surface area contributed by atoms with Crippen LogP contribution in [0.3, 0.4) is 0 Å². The summed E-state index contributed by atoms with van der Waals surface area (Å²) in [6.45, 7) is 3.04. The normalized spacial score (nSPS) is 25.7. The molecule has 0 aliphatic carbocycles. The molecule has 5 heteroatoms. The number of carbonyl (C=O) groups excluding carboxylic acids is 2. The van der Waals surface area contributed by atoms with Crippen LogP contribution < -0.4 is 5.32 Å². The van der Waals surface area contributed by atoms with Crippen molar-refractivity contribution in [1.82, 2.24) is 10.2 Å². The largest absolute Gasteiger partial charge is 0.366 e. The first kappa shape index (κ1) is 12.0. The fraction of sp³-hybridized carbons (Fsp3) is 0.800. The van der Waals surface area contributed by atoms with Crippen LogP contribution in [0.5, 0.6) is 0 Å². The summed E-state index contributed by atoms with van der Waals surface area (Å²) in [6.07, 6.45) is 1.81. The molecular formula is C10H18N2O3. The van der Waals surface area contributed by atoms with Gasteiger partial charge in [-0.1, -0.05) is 0 Å². The molecule has 5 nitrogen and oxygen atoms in total. The molecule has 0 unspecified atom stereocenters. The molecule has 0 aromatic heterocycles. The quantitative estimate of drug-likeness (QED) is 0.657. The van der Waals surface area contributed by atoms with Crippen LogP contribution in [0.25, 0.3) is 0 Å². The standard InChI is InChI=1S/C10H18N2O3/c1-3-12(2)10(14)9-5-4-8(6-15-9)11-7-13/h7-9H,3-6H2,1-2H3,(H,11,13)/t8-,9+/m1/s1. The third kappa shape index (κ3) is 3.20. The van der Waals surface area contributed by atoms with Crippen molar-refractivity contribution in [1.29, 1.82) is 0 Å². The zero-order chi connectivity index (χ0) is 11.3. The second kappa shape index (κ2) is 5.70. The Morgan fingerprint density at radius 2 is 2.33 bits per heavy atom. The first-order valence-electron chi connectivity index (χ1n) is 5.25. The van der Waals surface area contributed by atoms with Gasteiger partial charge >= 0.3 is 0 Å². The summed E-state index contributed by atoms with van der Waals surface area (Å²) in [4.78, 5) is 23.6. The van der Waals surface area contributed by atoms with Crippen LogP contribution in [-0.2, 0) is 14.3 Å². The molecule has 1 aliphatic rings. The van der Waals surface area contributed by atoms with E-state index in [4.69, 9.17) is 4.74 Å². The van der Waals surface area contributed by atoms with Gasteiger partial charge in [0.15, 0.2) is 0 Å². The van der Waals surface area contributed by atoms with Gasteiger partial charge in [0, 0.05) is 13.6 Å². The number of ether oxygens (including phenoxy) is 1. The molecule has 1 rings (SSSR count). The van der Waals surface area contributed by atoms with E-state index in [1.54, 1.807) is 11.9 Å². The van der Waals surface area contributed by atoms with Crippen molar-refractivity contribution in [2.24, 2.45) is 0 Å². The number of likely N-dealkylation sites (N-methyl/N-ethyl adjacent to an activating group) is 1. The van der Waals surface area contributed by atoms with Crippen molar-refractivity contribution < 1.29 is 14.3 Å². The van der Waals surface area contributed by atoms with E-state index in [2.05, 4.69) is 5.32 Å². The molecule has 0 bridgehead atoms. The lowest BCUT2D eigenvalue weighted by Gasteiger charge is -2.30. The van der Waals surface area contributed by atoms with Crippen molar-refractivity contribution in [3.8, 4) is 0 Å². The highest BCUT2D eigenvalue weighted by molar-refractivity contribution is 5.80. The monoisotopic (exact) mass is 214 g/mol. The van der Waals surface area contributed by atoms with Gasteiger partial charge < -0.3 is 15.0 Å². The molecule has 0 aromatic carbocycles. The average Bonchev–Trinajstić information content (AvgIpc) is 2.28. The van der Waals surface area contributed by atoms with Gasteiger partial charge in [-0.15, -0.1) is 0 Å². The summed E-state index contributed by atoms with van der Waals surface area (Å²) in [5, 5.41) is 2.66. The Labute approximate surface area is 89.8 Å². The highest BCUT2D eigenvalue weighted by Gasteiger charge is 2.28. The second-order valence-electron chi connectivity index (χ2n) is 3.73. The summed E-state index contributed by atoms with van der Waals surface area (Å²) in [5.41, 5.74) is 0. The van der Waals surface area contributed by atoms with Crippen molar-refractivity contribution in [3.63, 3.8) is 0 Å². The molecule has 2 amide bonds. The van der Waals surface area contributed by atoms with Gasteiger partial charge in [0.2, 0.25) is 6.41 Å². The topological polar surface area (TPSA) is 58.6 Å². The molecule has 1 saturated heterocycles. The predicted octanol–water partition coefficient (Wildman–Crippen LogP) is -0.242. The van der Waals surface area contributed by atoms with Crippen molar-refractivity contribution in [3.05, 3.63) is 0 Å². The highest BCUT2D eigenvalue weighted by Crippen LogP contribution is 2.15. The minimum atomic E-state index is -0.334. The van der Waals surface area contributed by atoms with Gasteiger partial charge in [0.1, 0.15) is 6.10 Å². The maximum atomic E-state index is 11.7. The van der Waals surface area contributed by atoms with Crippen molar-refractivity contribution in [2.75, 3.05) is 20.2 Å². The van der Waals surface area contributed by atoms with E-state index in [0.29, 0.717) is 26.0 Å². The van der Waals surface area contributed by atoms with Crippen LogP contribution >= 0.6 is 0 Å². The average molecular weight is 214 g/mol. The van der Waals surface area contributed by atoms with Gasteiger partial charge in [0.05, 0.1) is 12.6 Å². The van der Waals surface area contributed by atoms with E-state index in [0.717, 1.165) is 6.42 Å². The van der Waals surface area contributed by atoms with Gasteiger partial charge in [0.25, 0.3) is 5.91 Å². The molecule has 0 spiro atoms. The highest BCUT2D eigenvalue weighted by atomic mass is 16.5. The lowest BCUT2D eigenvalue weighted by atomic mass is 10.0. The predicted molar refractivity (Wildman–Crippen MR) is 55.3 cm³/mol. The molecule has 1 fully saturated rings. The van der Waals surface area contributed by atoms with Crippen LogP contribution in [0.15, 0.2) is 0 Å². The van der Waals surface area contributed by atoms with E-state index < -0.39 is 0 Å². The van der Waals surface area contributed by atoms with Crippen molar-refractivity contribution in [2.45, 2.75) is 31.9 Å². The SMILES string of the molecule is CCN(C)C(=O)[C@@H]1CC[C@@H](NC=O)CO1. The summed E-state index contributed by atoms with van der Waals surface area (Å²) in [5.74, 6) is 0.0297. The number of rotatable bonds is 4. The zero-order valence-corrected chi connectivity index (χ0v) is 9.23. The molecule has 1 N–H and O–H groups in total. The molecule has 2 atom stereocenters. The first-order chi connectivity index (χ1) is 7.19. The van der Waals surface area contributed by atoms with Crippen LogP contribution in [-0.4, -0.2) is 49.6 Å². The summed E-state index contributed by atoms with van der Waals surface area (Å²) >= 11 is 0. The third-order valence-electron chi connectivity index (χ3n) is 2.71. The fourth-order valence-electron chi connectivity index (χ4n) is 1.58. The number of amides is 2. The molecule has 0 aromatic rings. The van der Waals surface area contributed by atoms with Crippen LogP contribution in [0.1, 0.15) is 19.8 Å². The number of nitrogens with zero attached hydrogens (tertiary/aromatic N) is 1. The maximum Gasteiger partial charge on any atom is 0.251 e. The molecule has 15 heavy (non-hydrogen) atoms. The number of carbonyl (C=O) groups is 2. The molecule has 0 saturated carbocycles. The number of hydrogen-bond donors (Lipinski definition) is 1. The minimum Gasteiger partial charge on any atom is -0.366 e. The molecular weight excluding hydrogens is 196 g/mol. The lowest BCUT2D eigenvalue weighted by Crippen LogP contribution is -2.45. The van der Waals surface area contributed by atoms with Gasteiger partial charge in [-0.3, -0.25) is 9.59 Å². The Balaban J connectivity index is 2.36. The summed E-state index contributed by atoms with van der Waals surface area (Å²) in [7, 11) is 1.77. The Hall–Kier alpha value is -1.10. The summed E-state index contributed by atoms with van der Waals surface area (Å²) < 4.78 is 5.42. The molecule has 86 valence electrons. The smallest absolute Gasteiger partial charge is 0.251 e. The minimum absolute atomic E-state index is 0.0297. The Morgan fingerprint density at radius 3 is 2.80 bits per heavy atom. The molecule has 1 aliphatic heterocycles. The van der Waals surface area contributed by atoms with Gasteiger partial charge in [-0.05, 0) is 19.8 Å². The third-order valence-corrected chi connectivity index (χ3v) is 2.71. The van der Waals surface area contributed by atoms with E-state index >= 15 is 0 Å². The Bertz CT molecular complexity index is 225. The van der Waals surface area contributed by atoms with E-state index in [-0.39, 0.29) is 18.1 Å². The van der Waals surface area contributed by atoms with Crippen LogP contribution in [0, 0.1) is 0 Å². The molecule has 0 radical (unpaired) electrons. The van der Waals surface area contributed by atoms with E-state index in [9.17, 15) is 9.59 Å². The van der Waals surface area contributed by atoms with Crippen molar-refractivity contribution >= 4 is 12.3 Å². The fourth-order valence-corrected chi connectivity index (χ4v) is 1.58. The second-order valence-corrected chi connectivity index (χ2v) is 3.73. The first-order valence-corrected chi connectivity index (χ1v) is 5.25. The Morgan fingerprint density at radius 1 is 1.60 bits per heavy atom. The van der Waals surface area contributed by atoms with Gasteiger partial charge in [-0.25, -0.2) is 0 Å². The van der Waals surface area contributed by atoms with Gasteiger partial charge in [-0.2, -0.15) is 0 Å². The van der Waals surface area contributed by atoms with E-state index in [1.807, 2.05) is 6.92 Å². The Kier molecular flexibility index (Phi) is 4.55. The number of hydrogen-bond acceptors (Lipinski definition) is 3. The van der Waals surface area contributed by atoms with E-state index in [1.165, 1.54) is 0 Å². The summed E-state index contributed by atoms with van der Waals surface area (Å²) in [6, 6.07) is 0.0542.